The molecule has 0 aliphatic carbocycles. The van der Waals surface area contributed by atoms with Crippen molar-refractivity contribution in [2.24, 2.45) is 10.1 Å². The molecule has 1 unspecified atom stereocenters. The van der Waals surface area contributed by atoms with Crippen LogP contribution in [-0.2, 0) is 9.84 Å². The monoisotopic (exact) mass is 327 g/mol. The van der Waals surface area contributed by atoms with E-state index in [1.165, 1.54) is 0 Å². The molecule has 1 N–H and O–H groups in total. The number of hydrogen-bond acceptors (Lipinski definition) is 5. The zero-order chi connectivity index (χ0) is 16.3. The van der Waals surface area contributed by atoms with E-state index in [0.29, 0.717) is 16.4 Å². The lowest BCUT2D eigenvalue weighted by Gasteiger charge is -2.20. The van der Waals surface area contributed by atoms with E-state index in [2.05, 4.69) is 15.5 Å². The summed E-state index contributed by atoms with van der Waals surface area (Å²) in [5.41, 5.74) is 4.42. The van der Waals surface area contributed by atoms with Gasteiger partial charge in [-0.15, -0.1) is 0 Å². The SMILES string of the molecule is CC1=NNC(c2ccccc2)=NC1CS(=O)(=O)c1ccccc1. The van der Waals surface area contributed by atoms with Gasteiger partial charge < -0.3 is 0 Å². The Balaban J connectivity index is 1.88. The lowest BCUT2D eigenvalue weighted by molar-refractivity contribution is 0.593. The summed E-state index contributed by atoms with van der Waals surface area (Å²) in [4.78, 5) is 4.85. The molecule has 118 valence electrons. The molecule has 0 radical (unpaired) electrons. The molecule has 0 bridgehead atoms. The molecule has 1 heterocycles. The largest absolute Gasteiger partial charge is 0.261 e. The van der Waals surface area contributed by atoms with E-state index in [9.17, 15) is 8.42 Å². The van der Waals surface area contributed by atoms with Crippen LogP contribution in [0.25, 0.3) is 0 Å². The second-order valence-electron chi connectivity index (χ2n) is 5.32. The third-order valence-corrected chi connectivity index (χ3v) is 5.38. The van der Waals surface area contributed by atoms with Crippen LogP contribution < -0.4 is 5.43 Å². The number of hydrogen-bond donors (Lipinski definition) is 1. The van der Waals surface area contributed by atoms with Gasteiger partial charge in [0.1, 0.15) is 11.9 Å². The van der Waals surface area contributed by atoms with Gasteiger partial charge in [-0.05, 0) is 19.1 Å². The van der Waals surface area contributed by atoms with Crippen LogP contribution in [0.3, 0.4) is 0 Å². The van der Waals surface area contributed by atoms with E-state index >= 15 is 0 Å². The predicted molar refractivity (Wildman–Crippen MR) is 91.5 cm³/mol. The van der Waals surface area contributed by atoms with E-state index < -0.39 is 15.9 Å². The van der Waals surface area contributed by atoms with Crippen molar-refractivity contribution >= 4 is 21.4 Å². The number of benzene rings is 2. The van der Waals surface area contributed by atoms with E-state index in [4.69, 9.17) is 0 Å². The summed E-state index contributed by atoms with van der Waals surface area (Å²) in [7, 11) is -3.41. The highest BCUT2D eigenvalue weighted by atomic mass is 32.2. The minimum Gasteiger partial charge on any atom is -0.261 e. The summed E-state index contributed by atoms with van der Waals surface area (Å²) in [6.07, 6.45) is 0. The van der Waals surface area contributed by atoms with Crippen molar-refractivity contribution in [3.05, 3.63) is 66.2 Å². The van der Waals surface area contributed by atoms with Crippen LogP contribution in [-0.4, -0.2) is 31.8 Å². The third-order valence-electron chi connectivity index (χ3n) is 3.63. The van der Waals surface area contributed by atoms with E-state index in [0.717, 1.165) is 5.56 Å². The average Bonchev–Trinajstić information content (AvgIpc) is 2.58. The number of nitrogens with zero attached hydrogens (tertiary/aromatic N) is 2. The highest BCUT2D eigenvalue weighted by Gasteiger charge is 2.25. The first-order chi connectivity index (χ1) is 11.1. The van der Waals surface area contributed by atoms with Gasteiger partial charge in [0.05, 0.1) is 16.4 Å². The quantitative estimate of drug-likeness (QED) is 0.936. The molecular formula is C17H17N3O2S. The molecule has 1 aliphatic rings. The van der Waals surface area contributed by atoms with Crippen LogP contribution >= 0.6 is 0 Å². The van der Waals surface area contributed by atoms with E-state index in [-0.39, 0.29) is 5.75 Å². The van der Waals surface area contributed by atoms with Gasteiger partial charge >= 0.3 is 0 Å². The molecule has 6 heteroatoms. The molecule has 0 amide bonds. The van der Waals surface area contributed by atoms with E-state index in [1.54, 1.807) is 37.3 Å². The van der Waals surface area contributed by atoms with Gasteiger partial charge in [-0.3, -0.25) is 10.4 Å². The fourth-order valence-corrected chi connectivity index (χ4v) is 3.81. The smallest absolute Gasteiger partial charge is 0.180 e. The number of nitrogens with one attached hydrogen (secondary N) is 1. The summed E-state index contributed by atoms with van der Waals surface area (Å²) in [6, 6.07) is 17.5. The molecule has 3 rings (SSSR count). The van der Waals surface area contributed by atoms with Crippen LogP contribution in [0.1, 0.15) is 12.5 Å². The molecule has 5 nitrogen and oxygen atoms in total. The first kappa shape index (κ1) is 15.4. The molecular weight excluding hydrogens is 310 g/mol. The van der Waals surface area contributed by atoms with Crippen LogP contribution in [0, 0.1) is 0 Å². The molecule has 23 heavy (non-hydrogen) atoms. The van der Waals surface area contributed by atoms with Crippen LogP contribution in [0.2, 0.25) is 0 Å². The maximum atomic E-state index is 12.5. The normalized spacial score (nSPS) is 17.9. The topological polar surface area (TPSA) is 70.9 Å². The Morgan fingerprint density at radius 1 is 1.00 bits per heavy atom. The van der Waals surface area contributed by atoms with Crippen molar-refractivity contribution in [2.75, 3.05) is 5.75 Å². The van der Waals surface area contributed by atoms with Crippen LogP contribution in [0.5, 0.6) is 0 Å². The fraction of sp³-hybridized carbons (Fsp3) is 0.176. The lowest BCUT2D eigenvalue weighted by atomic mass is 10.1. The summed E-state index contributed by atoms with van der Waals surface area (Å²) < 4.78 is 25.1. The second-order valence-corrected chi connectivity index (χ2v) is 7.35. The van der Waals surface area contributed by atoms with Gasteiger partial charge in [0, 0.05) is 5.56 Å². The minimum atomic E-state index is -3.41. The molecule has 2 aromatic carbocycles. The molecule has 0 saturated carbocycles. The Morgan fingerprint density at radius 2 is 1.61 bits per heavy atom. The molecule has 2 aromatic rings. The summed E-state index contributed by atoms with van der Waals surface area (Å²) >= 11 is 0. The first-order valence-corrected chi connectivity index (χ1v) is 8.93. The number of amidine groups is 1. The van der Waals surface area contributed by atoms with Crippen molar-refractivity contribution in [2.45, 2.75) is 17.9 Å². The third kappa shape index (κ3) is 3.48. The zero-order valence-corrected chi connectivity index (χ0v) is 13.5. The molecule has 1 atom stereocenters. The van der Waals surface area contributed by atoms with Crippen molar-refractivity contribution < 1.29 is 8.42 Å². The summed E-state index contributed by atoms with van der Waals surface area (Å²) in [6.45, 7) is 1.78. The number of hydrazone groups is 1. The van der Waals surface area contributed by atoms with Crippen LogP contribution in [0.15, 0.2) is 75.7 Å². The Kier molecular flexibility index (Phi) is 4.25. The van der Waals surface area contributed by atoms with Crippen molar-refractivity contribution in [1.82, 2.24) is 5.43 Å². The molecule has 0 fully saturated rings. The van der Waals surface area contributed by atoms with Gasteiger partial charge in [-0.1, -0.05) is 48.5 Å². The number of aliphatic imine (C=N–C) groups is 1. The van der Waals surface area contributed by atoms with Crippen molar-refractivity contribution in [1.29, 1.82) is 0 Å². The predicted octanol–water partition coefficient (Wildman–Crippen LogP) is 2.25. The summed E-state index contributed by atoms with van der Waals surface area (Å²) in [5.74, 6) is 0.495. The zero-order valence-electron chi connectivity index (χ0n) is 12.7. The van der Waals surface area contributed by atoms with Crippen molar-refractivity contribution in [3.63, 3.8) is 0 Å². The van der Waals surface area contributed by atoms with Crippen LogP contribution in [0.4, 0.5) is 0 Å². The lowest BCUT2D eigenvalue weighted by Crippen LogP contribution is -2.36. The highest BCUT2D eigenvalue weighted by molar-refractivity contribution is 7.91. The Bertz CT molecular complexity index is 844. The maximum absolute atomic E-state index is 12.5. The Labute approximate surface area is 135 Å². The van der Waals surface area contributed by atoms with Gasteiger partial charge in [-0.2, -0.15) is 5.10 Å². The fourth-order valence-electron chi connectivity index (χ4n) is 2.32. The van der Waals surface area contributed by atoms with Gasteiger partial charge in [0.2, 0.25) is 0 Å². The first-order valence-electron chi connectivity index (χ1n) is 7.27. The average molecular weight is 327 g/mol. The van der Waals surface area contributed by atoms with Gasteiger partial charge in [0.25, 0.3) is 0 Å². The number of rotatable bonds is 4. The Morgan fingerprint density at radius 3 is 2.26 bits per heavy atom. The molecule has 0 spiro atoms. The van der Waals surface area contributed by atoms with E-state index in [1.807, 2.05) is 30.3 Å². The minimum absolute atomic E-state index is 0.0929. The molecule has 0 saturated heterocycles. The second kappa shape index (κ2) is 6.34. The van der Waals surface area contributed by atoms with Crippen molar-refractivity contribution in [3.8, 4) is 0 Å². The number of sulfone groups is 1. The summed E-state index contributed by atoms with van der Waals surface area (Å²) in [5, 5.41) is 4.22. The standard InChI is InChI=1S/C17H17N3O2S/c1-13-16(12-23(21,22)15-10-6-3-7-11-15)18-17(20-19-13)14-8-4-2-5-9-14/h2-11,16H,12H2,1H3,(H,18,20). The molecule has 1 aliphatic heterocycles. The van der Waals surface area contributed by atoms with Gasteiger partial charge in [-0.25, -0.2) is 8.42 Å². The maximum Gasteiger partial charge on any atom is 0.180 e. The molecule has 0 aromatic heterocycles. The Hall–Kier alpha value is -2.47. The highest BCUT2D eigenvalue weighted by Crippen LogP contribution is 2.15. The van der Waals surface area contributed by atoms with Gasteiger partial charge in [0.15, 0.2) is 9.84 Å².